The Balaban J connectivity index is 1.45. The predicted molar refractivity (Wildman–Crippen MR) is 118 cm³/mol. The van der Waals surface area contributed by atoms with Crippen LogP contribution in [0.3, 0.4) is 0 Å². The van der Waals surface area contributed by atoms with E-state index in [0.717, 1.165) is 11.8 Å². The number of carbonyl (C=O) groups is 4. The van der Waals surface area contributed by atoms with E-state index < -0.39 is 29.2 Å². The summed E-state index contributed by atoms with van der Waals surface area (Å²) >= 11 is 3.80. The summed E-state index contributed by atoms with van der Waals surface area (Å²) in [4.78, 5) is 50.3. The molecule has 4 heterocycles. The Kier molecular flexibility index (Phi) is 6.12. The van der Waals surface area contributed by atoms with Crippen LogP contribution >= 0.6 is 34.9 Å². The predicted octanol–water partition coefficient (Wildman–Crippen LogP) is -0.379. The van der Waals surface area contributed by atoms with Crippen molar-refractivity contribution < 1.29 is 24.3 Å². The third-order valence-electron chi connectivity index (χ3n) is 4.80. The molecule has 3 amide bonds. The highest BCUT2D eigenvalue weighted by atomic mass is 32.2. The lowest BCUT2D eigenvalue weighted by atomic mass is 10.0. The molecule has 0 spiro atoms. The van der Waals surface area contributed by atoms with Crippen LogP contribution in [0.5, 0.6) is 0 Å². The van der Waals surface area contributed by atoms with Crippen molar-refractivity contribution >= 4 is 64.2 Å². The molecule has 0 aliphatic carbocycles. The number of nitrogen functional groups attached to an aromatic ring is 1. The quantitative estimate of drug-likeness (QED) is 0.238. The van der Waals surface area contributed by atoms with E-state index in [9.17, 15) is 24.3 Å². The summed E-state index contributed by atoms with van der Waals surface area (Å²) in [7, 11) is 0. The number of nitrogens with one attached hydrogen (secondary N) is 2. The molecular weight excluding hydrogens is 478 g/mol. The lowest BCUT2D eigenvalue weighted by Crippen LogP contribution is -2.70. The molecule has 15 heteroatoms. The number of aromatic nitrogens is 3. The number of aliphatic carboxylic acids is 1. The third-order valence-corrected chi connectivity index (χ3v) is 8.13. The number of anilines is 1. The van der Waals surface area contributed by atoms with E-state index in [2.05, 4.69) is 20.7 Å². The van der Waals surface area contributed by atoms with Crippen molar-refractivity contribution in [3.63, 3.8) is 0 Å². The molecule has 2 aliphatic heterocycles. The number of aromatic amines is 1. The number of carboxylic acids is 1. The summed E-state index contributed by atoms with van der Waals surface area (Å²) in [5.41, 5.74) is 11.9. The number of carbonyl (C=O) groups excluding carboxylic acids is 3. The SMILES string of the molecule is NC(=O)c1n[nH]nc1SCC1=C(C(=O)O)N2C(=O)C(NC(=O)Cc3sccc3N)C2SC1. The summed E-state index contributed by atoms with van der Waals surface area (Å²) in [6, 6.07) is 0.893. The molecule has 0 saturated carbocycles. The number of thiophene rings is 1. The number of carboxylic acid groups (broad SMARTS) is 1. The van der Waals surface area contributed by atoms with E-state index in [1.807, 2.05) is 0 Å². The number of hydrogen-bond acceptors (Lipinski definition) is 10. The first-order valence-corrected chi connectivity index (χ1v) is 12.0. The second-order valence-electron chi connectivity index (χ2n) is 6.82. The maximum atomic E-state index is 12.7. The van der Waals surface area contributed by atoms with Crippen LogP contribution < -0.4 is 16.8 Å². The summed E-state index contributed by atoms with van der Waals surface area (Å²) in [6.45, 7) is 0. The molecule has 168 valence electrons. The summed E-state index contributed by atoms with van der Waals surface area (Å²) in [5.74, 6) is -2.35. The van der Waals surface area contributed by atoms with Gasteiger partial charge in [-0.1, -0.05) is 11.8 Å². The van der Waals surface area contributed by atoms with Crippen molar-refractivity contribution in [3.05, 3.63) is 33.3 Å². The fourth-order valence-electron chi connectivity index (χ4n) is 3.30. The van der Waals surface area contributed by atoms with Crippen molar-refractivity contribution in [2.75, 3.05) is 17.2 Å². The van der Waals surface area contributed by atoms with Gasteiger partial charge in [0.15, 0.2) is 10.7 Å². The van der Waals surface area contributed by atoms with Gasteiger partial charge in [0.25, 0.3) is 11.8 Å². The van der Waals surface area contributed by atoms with Gasteiger partial charge in [0.2, 0.25) is 5.91 Å². The second-order valence-corrected chi connectivity index (χ2v) is 9.89. The minimum absolute atomic E-state index is 0.0389. The first kappa shape index (κ1) is 22.2. The van der Waals surface area contributed by atoms with Crippen LogP contribution in [0.2, 0.25) is 0 Å². The van der Waals surface area contributed by atoms with Gasteiger partial charge in [0.1, 0.15) is 17.1 Å². The molecule has 7 N–H and O–H groups in total. The van der Waals surface area contributed by atoms with Crippen molar-refractivity contribution in [1.82, 2.24) is 25.6 Å². The zero-order chi connectivity index (χ0) is 23.0. The molecule has 4 rings (SSSR count). The lowest BCUT2D eigenvalue weighted by molar-refractivity contribution is -0.150. The minimum Gasteiger partial charge on any atom is -0.477 e. The van der Waals surface area contributed by atoms with Gasteiger partial charge in [-0.2, -0.15) is 5.21 Å². The van der Waals surface area contributed by atoms with Gasteiger partial charge < -0.3 is 21.9 Å². The minimum atomic E-state index is -1.24. The highest BCUT2D eigenvalue weighted by Gasteiger charge is 2.54. The van der Waals surface area contributed by atoms with E-state index >= 15 is 0 Å². The van der Waals surface area contributed by atoms with Gasteiger partial charge in [0, 0.05) is 22.1 Å². The van der Waals surface area contributed by atoms with Crippen molar-refractivity contribution in [3.8, 4) is 0 Å². The average molecular weight is 496 g/mol. The molecule has 2 aliphatic rings. The molecule has 2 atom stereocenters. The largest absolute Gasteiger partial charge is 0.477 e. The summed E-state index contributed by atoms with van der Waals surface area (Å²) in [5, 5.41) is 23.8. The van der Waals surface area contributed by atoms with Crippen molar-refractivity contribution in [2.45, 2.75) is 22.9 Å². The molecule has 1 saturated heterocycles. The smallest absolute Gasteiger partial charge is 0.352 e. The second kappa shape index (κ2) is 8.84. The monoisotopic (exact) mass is 495 g/mol. The van der Waals surface area contributed by atoms with Crippen LogP contribution in [0.25, 0.3) is 0 Å². The average Bonchev–Trinajstić information content (AvgIpc) is 3.38. The number of nitrogens with two attached hydrogens (primary N) is 2. The molecule has 1 fully saturated rings. The van der Waals surface area contributed by atoms with Gasteiger partial charge in [0.05, 0.1) is 6.42 Å². The van der Waals surface area contributed by atoms with Crippen LogP contribution in [-0.2, 0) is 20.8 Å². The highest BCUT2D eigenvalue weighted by molar-refractivity contribution is 8.01. The number of β-lactam (4-membered cyclic amide) rings is 1. The molecule has 0 aromatic carbocycles. The van der Waals surface area contributed by atoms with E-state index in [1.165, 1.54) is 28.0 Å². The number of rotatable bonds is 8. The van der Waals surface area contributed by atoms with Gasteiger partial charge in [-0.15, -0.1) is 33.3 Å². The van der Waals surface area contributed by atoms with Crippen LogP contribution in [0.1, 0.15) is 15.4 Å². The Morgan fingerprint density at radius 3 is 2.81 bits per heavy atom. The highest BCUT2D eigenvalue weighted by Crippen LogP contribution is 2.41. The fourth-order valence-corrected chi connectivity index (χ4v) is 6.51. The van der Waals surface area contributed by atoms with Gasteiger partial charge in [-0.25, -0.2) is 4.79 Å². The number of thioether (sulfide) groups is 2. The van der Waals surface area contributed by atoms with E-state index in [0.29, 0.717) is 21.9 Å². The first-order valence-electron chi connectivity index (χ1n) is 9.12. The molecular formula is C17H17N7O5S3. The molecule has 2 aromatic heterocycles. The molecule has 12 nitrogen and oxygen atoms in total. The number of hydrogen-bond donors (Lipinski definition) is 5. The maximum Gasteiger partial charge on any atom is 0.352 e. The van der Waals surface area contributed by atoms with E-state index in [1.54, 1.807) is 11.4 Å². The van der Waals surface area contributed by atoms with E-state index in [-0.39, 0.29) is 34.5 Å². The van der Waals surface area contributed by atoms with Gasteiger partial charge in [-0.05, 0) is 17.0 Å². The Morgan fingerprint density at radius 2 is 2.16 bits per heavy atom. The Morgan fingerprint density at radius 1 is 1.38 bits per heavy atom. The third kappa shape index (κ3) is 4.05. The normalized spacial score (nSPS) is 20.0. The van der Waals surface area contributed by atoms with Gasteiger partial charge >= 0.3 is 5.97 Å². The Hall–Kier alpha value is -3.04. The number of fused-ring (bicyclic) bond motifs is 1. The summed E-state index contributed by atoms with van der Waals surface area (Å²) in [6.07, 6.45) is 0.0497. The molecule has 0 bridgehead atoms. The van der Waals surface area contributed by atoms with E-state index in [4.69, 9.17) is 11.5 Å². The number of primary amides is 1. The van der Waals surface area contributed by atoms with Crippen molar-refractivity contribution in [2.24, 2.45) is 5.73 Å². The number of nitrogens with zero attached hydrogens (tertiary/aromatic N) is 3. The number of H-pyrrole nitrogens is 1. The van der Waals surface area contributed by atoms with Crippen LogP contribution in [-0.4, -0.2) is 72.0 Å². The zero-order valence-corrected chi connectivity index (χ0v) is 18.7. The molecule has 0 radical (unpaired) electrons. The standard InChI is InChI=1S/C17H17N7O5S3/c18-7-1-2-30-8(7)3-9(25)20-11-15(27)24-12(17(28)29)6(5-32-16(11)24)4-31-14-10(13(19)26)21-23-22-14/h1-2,11,16H,3-5,18H2,(H2,19,26)(H,20,25)(H,28,29)(H,21,22,23). The van der Waals surface area contributed by atoms with Crippen LogP contribution in [0.15, 0.2) is 27.7 Å². The van der Waals surface area contributed by atoms with Crippen LogP contribution in [0.4, 0.5) is 5.69 Å². The first-order chi connectivity index (χ1) is 15.3. The molecule has 2 unspecified atom stereocenters. The topological polar surface area (TPSA) is 197 Å². The summed E-state index contributed by atoms with van der Waals surface area (Å²) < 4.78 is 0. The Bertz CT molecular complexity index is 1140. The lowest BCUT2D eigenvalue weighted by Gasteiger charge is -2.49. The molecule has 2 aromatic rings. The number of amides is 3. The maximum absolute atomic E-state index is 12.7. The zero-order valence-electron chi connectivity index (χ0n) is 16.2. The van der Waals surface area contributed by atoms with Gasteiger partial charge in [-0.3, -0.25) is 19.3 Å². The molecule has 32 heavy (non-hydrogen) atoms. The fraction of sp³-hybridized carbons (Fsp3) is 0.294. The van der Waals surface area contributed by atoms with Crippen molar-refractivity contribution in [1.29, 1.82) is 0 Å². The Labute approximate surface area is 193 Å². The van der Waals surface area contributed by atoms with Crippen LogP contribution in [0, 0.1) is 0 Å².